The average molecular weight is 442 g/mol. The maximum Gasteiger partial charge on any atom is 0.254 e. The number of unbranched alkanes of at least 4 members (excludes halogenated alkanes) is 1. The van der Waals surface area contributed by atoms with Crippen molar-refractivity contribution in [2.24, 2.45) is 7.05 Å². The van der Waals surface area contributed by atoms with Crippen molar-refractivity contribution in [2.75, 3.05) is 33.4 Å². The molecule has 2 aromatic rings. The van der Waals surface area contributed by atoms with E-state index in [0.717, 1.165) is 18.5 Å². The Morgan fingerprint density at radius 1 is 1.03 bits per heavy atom. The molecular formula is C26H39N3O3. The van der Waals surface area contributed by atoms with E-state index in [-0.39, 0.29) is 23.8 Å². The molecule has 1 heterocycles. The number of hydrogen-bond acceptors (Lipinski definition) is 3. The summed E-state index contributed by atoms with van der Waals surface area (Å²) in [4.78, 5) is 30.0. The molecule has 0 aliphatic rings. The van der Waals surface area contributed by atoms with Gasteiger partial charge in [-0.3, -0.25) is 9.59 Å². The molecule has 0 N–H and O–H groups in total. The summed E-state index contributed by atoms with van der Waals surface area (Å²) < 4.78 is 7.22. The molecule has 0 saturated carbocycles. The third-order valence-electron chi connectivity index (χ3n) is 5.72. The van der Waals surface area contributed by atoms with Crippen LogP contribution in [0, 0.1) is 0 Å². The molecule has 176 valence electrons. The molecule has 0 radical (unpaired) electrons. The van der Waals surface area contributed by atoms with Crippen molar-refractivity contribution in [3.8, 4) is 0 Å². The van der Waals surface area contributed by atoms with Crippen molar-refractivity contribution in [1.82, 2.24) is 14.4 Å². The Kier molecular flexibility index (Phi) is 9.51. The molecule has 0 aliphatic carbocycles. The zero-order valence-corrected chi connectivity index (χ0v) is 20.6. The van der Waals surface area contributed by atoms with E-state index in [1.165, 1.54) is 5.56 Å². The lowest BCUT2D eigenvalue weighted by molar-refractivity contribution is -0.133. The van der Waals surface area contributed by atoms with Crippen LogP contribution in [0.2, 0.25) is 0 Å². The van der Waals surface area contributed by atoms with Crippen LogP contribution in [0.3, 0.4) is 0 Å². The highest BCUT2D eigenvalue weighted by Crippen LogP contribution is 2.22. The molecule has 6 nitrogen and oxygen atoms in total. The van der Waals surface area contributed by atoms with Crippen molar-refractivity contribution < 1.29 is 14.3 Å². The number of nitrogens with zero attached hydrogens (tertiary/aromatic N) is 3. The fourth-order valence-electron chi connectivity index (χ4n) is 3.51. The van der Waals surface area contributed by atoms with Gasteiger partial charge in [0.05, 0.1) is 13.2 Å². The topological polar surface area (TPSA) is 54.8 Å². The first-order chi connectivity index (χ1) is 15.2. The summed E-state index contributed by atoms with van der Waals surface area (Å²) in [5, 5.41) is 0. The van der Waals surface area contributed by atoms with Gasteiger partial charge in [0, 0.05) is 44.7 Å². The highest BCUT2D eigenvalue weighted by Gasteiger charge is 2.23. The Morgan fingerprint density at radius 3 is 2.25 bits per heavy atom. The number of carbonyl (C=O) groups excluding carboxylic acids is 2. The molecular weight excluding hydrogens is 402 g/mol. The van der Waals surface area contributed by atoms with E-state index in [0.29, 0.717) is 31.8 Å². The average Bonchev–Trinajstić information content (AvgIpc) is 3.17. The minimum atomic E-state index is -0.0992. The van der Waals surface area contributed by atoms with E-state index in [1.54, 1.807) is 16.9 Å². The molecule has 0 atom stereocenters. The van der Waals surface area contributed by atoms with Crippen molar-refractivity contribution in [1.29, 1.82) is 0 Å². The second-order valence-electron chi connectivity index (χ2n) is 9.33. The monoisotopic (exact) mass is 441 g/mol. The van der Waals surface area contributed by atoms with E-state index < -0.39 is 0 Å². The van der Waals surface area contributed by atoms with Gasteiger partial charge >= 0.3 is 0 Å². The van der Waals surface area contributed by atoms with Gasteiger partial charge in [0.1, 0.15) is 6.54 Å². The SMILES string of the molecule is CCCCN(CC(=O)N(CCOC)Cc1cccn1C)C(=O)c1ccc(C(C)(C)C)cc1. The summed E-state index contributed by atoms with van der Waals surface area (Å²) in [5.41, 5.74) is 2.86. The van der Waals surface area contributed by atoms with Crippen LogP contribution in [-0.2, 0) is 28.5 Å². The van der Waals surface area contributed by atoms with E-state index >= 15 is 0 Å². The second kappa shape index (κ2) is 11.9. The Morgan fingerprint density at radius 2 is 1.72 bits per heavy atom. The summed E-state index contributed by atoms with van der Waals surface area (Å²) in [5.74, 6) is -0.170. The minimum absolute atomic E-state index is 0.0260. The number of aryl methyl sites for hydroxylation is 1. The van der Waals surface area contributed by atoms with Gasteiger partial charge in [0.2, 0.25) is 5.91 Å². The molecule has 0 bridgehead atoms. The van der Waals surface area contributed by atoms with E-state index in [1.807, 2.05) is 54.2 Å². The van der Waals surface area contributed by atoms with Crippen LogP contribution < -0.4 is 0 Å². The standard InChI is InChI=1S/C26H39N3O3/c1-7-8-16-29(25(31)21-11-13-22(14-12-21)26(2,3)4)20-24(30)28(17-18-32-6)19-23-10-9-15-27(23)5/h9-15H,7-8,16-20H2,1-6H3. The number of carbonyl (C=O) groups is 2. The quantitative estimate of drug-likeness (QED) is 0.524. The normalized spacial score (nSPS) is 11.4. The Bertz CT molecular complexity index is 865. The van der Waals surface area contributed by atoms with Crippen molar-refractivity contribution in [3.63, 3.8) is 0 Å². The first-order valence-corrected chi connectivity index (χ1v) is 11.4. The zero-order valence-electron chi connectivity index (χ0n) is 20.6. The lowest BCUT2D eigenvalue weighted by atomic mass is 9.86. The Labute approximate surface area is 193 Å². The summed E-state index contributed by atoms with van der Waals surface area (Å²) in [6.45, 7) is 10.6. The summed E-state index contributed by atoms with van der Waals surface area (Å²) in [6.07, 6.45) is 3.78. The number of benzene rings is 1. The van der Waals surface area contributed by atoms with Gasteiger partial charge < -0.3 is 19.1 Å². The van der Waals surface area contributed by atoms with Crippen LogP contribution in [0.4, 0.5) is 0 Å². The first-order valence-electron chi connectivity index (χ1n) is 11.4. The number of amides is 2. The van der Waals surface area contributed by atoms with Crippen molar-refractivity contribution in [3.05, 3.63) is 59.4 Å². The molecule has 2 rings (SSSR count). The minimum Gasteiger partial charge on any atom is -0.383 e. The predicted octanol–water partition coefficient (Wildman–Crippen LogP) is 4.24. The number of methoxy groups -OCH3 is 1. The van der Waals surface area contributed by atoms with Gasteiger partial charge in [-0.1, -0.05) is 46.2 Å². The predicted molar refractivity (Wildman–Crippen MR) is 129 cm³/mol. The zero-order chi connectivity index (χ0) is 23.7. The van der Waals surface area contributed by atoms with Crippen LogP contribution in [0.5, 0.6) is 0 Å². The lowest BCUT2D eigenvalue weighted by Gasteiger charge is -2.28. The largest absolute Gasteiger partial charge is 0.383 e. The molecule has 0 saturated heterocycles. The Hall–Kier alpha value is -2.60. The highest BCUT2D eigenvalue weighted by molar-refractivity contribution is 5.96. The number of hydrogen-bond donors (Lipinski definition) is 0. The van der Waals surface area contributed by atoms with Crippen molar-refractivity contribution >= 4 is 11.8 Å². The molecule has 0 spiro atoms. The molecule has 0 aliphatic heterocycles. The molecule has 0 unspecified atom stereocenters. The number of rotatable bonds is 11. The maximum absolute atomic E-state index is 13.3. The molecule has 2 amide bonds. The first kappa shape index (κ1) is 25.7. The van der Waals surface area contributed by atoms with E-state index in [9.17, 15) is 9.59 Å². The molecule has 6 heteroatoms. The fourth-order valence-corrected chi connectivity index (χ4v) is 3.51. The third-order valence-corrected chi connectivity index (χ3v) is 5.72. The molecule has 1 aromatic carbocycles. The van der Waals surface area contributed by atoms with Gasteiger partial charge in [0.25, 0.3) is 5.91 Å². The van der Waals surface area contributed by atoms with Gasteiger partial charge in [0.15, 0.2) is 0 Å². The summed E-state index contributed by atoms with van der Waals surface area (Å²) >= 11 is 0. The summed E-state index contributed by atoms with van der Waals surface area (Å²) in [6, 6.07) is 11.7. The maximum atomic E-state index is 13.3. The van der Waals surface area contributed by atoms with Gasteiger partial charge in [-0.05, 0) is 41.7 Å². The molecule has 32 heavy (non-hydrogen) atoms. The van der Waals surface area contributed by atoms with E-state index in [2.05, 4.69) is 27.7 Å². The second-order valence-corrected chi connectivity index (χ2v) is 9.33. The number of aromatic nitrogens is 1. The molecule has 0 fully saturated rings. The third kappa shape index (κ3) is 7.23. The van der Waals surface area contributed by atoms with Gasteiger partial charge in [-0.15, -0.1) is 0 Å². The molecule has 1 aromatic heterocycles. The van der Waals surface area contributed by atoms with Crippen molar-refractivity contribution in [2.45, 2.75) is 52.5 Å². The summed E-state index contributed by atoms with van der Waals surface area (Å²) in [7, 11) is 3.59. The highest BCUT2D eigenvalue weighted by atomic mass is 16.5. The van der Waals surface area contributed by atoms with Crippen LogP contribution in [-0.4, -0.2) is 59.5 Å². The fraction of sp³-hybridized carbons (Fsp3) is 0.538. The van der Waals surface area contributed by atoms with E-state index in [4.69, 9.17) is 4.74 Å². The van der Waals surface area contributed by atoms with Crippen LogP contribution in [0.25, 0.3) is 0 Å². The van der Waals surface area contributed by atoms with Crippen LogP contribution in [0.1, 0.15) is 62.2 Å². The van der Waals surface area contributed by atoms with Gasteiger partial charge in [-0.25, -0.2) is 0 Å². The van der Waals surface area contributed by atoms with Crippen LogP contribution in [0.15, 0.2) is 42.6 Å². The van der Waals surface area contributed by atoms with Crippen LogP contribution >= 0.6 is 0 Å². The lowest BCUT2D eigenvalue weighted by Crippen LogP contribution is -2.44. The van der Waals surface area contributed by atoms with Gasteiger partial charge in [-0.2, -0.15) is 0 Å². The number of ether oxygens (including phenoxy) is 1. The smallest absolute Gasteiger partial charge is 0.254 e. The Balaban J connectivity index is 2.18.